The summed E-state index contributed by atoms with van der Waals surface area (Å²) in [6, 6.07) is 0. The van der Waals surface area contributed by atoms with Crippen LogP contribution < -0.4 is 9.13 Å². The van der Waals surface area contributed by atoms with E-state index in [2.05, 4.69) is 21.5 Å². The minimum absolute atomic E-state index is 0.182. The third-order valence-electron chi connectivity index (χ3n) is 3.54. The molecule has 0 amide bonds. The van der Waals surface area contributed by atoms with E-state index in [1.807, 2.05) is 34.2 Å². The van der Waals surface area contributed by atoms with Gasteiger partial charge in [0.25, 0.3) is 0 Å². The van der Waals surface area contributed by atoms with E-state index in [1.165, 1.54) is 6.42 Å². The number of hydrogen-bond donors (Lipinski definition) is 2. The van der Waals surface area contributed by atoms with Crippen LogP contribution in [-0.2, 0) is 26.2 Å². The van der Waals surface area contributed by atoms with Gasteiger partial charge in [0.1, 0.15) is 37.9 Å². The van der Waals surface area contributed by atoms with Gasteiger partial charge in [-0.05, 0) is 19.3 Å². The standard InChI is InChI=1S/C15H26N4O2/c20-12-10-18-8-6-16(14-18)4-2-1-3-5-17-7-9-19(15-17)11-13-21/h6-9,14-15,20-21H,1-5,10-13H2/q+2. The maximum atomic E-state index is 8.87. The molecule has 0 aromatic carbocycles. The predicted octanol–water partition coefficient (Wildman–Crippen LogP) is -0.280. The molecule has 0 atom stereocenters. The number of aliphatic hydroxyl groups excluding tert-OH is 2. The minimum Gasteiger partial charge on any atom is -0.392 e. The van der Waals surface area contributed by atoms with E-state index in [0.717, 1.165) is 25.9 Å². The van der Waals surface area contributed by atoms with Gasteiger partial charge in [0.05, 0.1) is 26.3 Å². The van der Waals surface area contributed by atoms with Crippen molar-refractivity contribution in [3.63, 3.8) is 0 Å². The zero-order chi connectivity index (χ0) is 14.9. The Morgan fingerprint density at radius 1 is 0.714 bits per heavy atom. The van der Waals surface area contributed by atoms with Gasteiger partial charge in [0.15, 0.2) is 0 Å². The Morgan fingerprint density at radius 2 is 1.19 bits per heavy atom. The van der Waals surface area contributed by atoms with E-state index in [0.29, 0.717) is 13.1 Å². The van der Waals surface area contributed by atoms with Crippen molar-refractivity contribution in [2.24, 2.45) is 0 Å². The maximum Gasteiger partial charge on any atom is 0.243 e. The summed E-state index contributed by atoms with van der Waals surface area (Å²) in [5.41, 5.74) is 0. The smallest absolute Gasteiger partial charge is 0.243 e. The van der Waals surface area contributed by atoms with E-state index in [9.17, 15) is 0 Å². The molecule has 2 rings (SSSR count). The lowest BCUT2D eigenvalue weighted by Gasteiger charge is -1.98. The number of hydrogen-bond acceptors (Lipinski definition) is 2. The number of imidazole rings is 2. The molecule has 0 spiro atoms. The fourth-order valence-electron chi connectivity index (χ4n) is 2.40. The van der Waals surface area contributed by atoms with Crippen LogP contribution >= 0.6 is 0 Å². The lowest BCUT2D eigenvalue weighted by atomic mass is 10.2. The zero-order valence-electron chi connectivity index (χ0n) is 12.5. The molecule has 0 fully saturated rings. The molecule has 0 aliphatic rings. The first kappa shape index (κ1) is 15.7. The van der Waals surface area contributed by atoms with E-state index < -0.39 is 0 Å². The molecule has 0 saturated heterocycles. The van der Waals surface area contributed by atoms with Crippen LogP contribution in [0.3, 0.4) is 0 Å². The molecule has 6 nitrogen and oxygen atoms in total. The number of nitrogens with zero attached hydrogens (tertiary/aromatic N) is 4. The van der Waals surface area contributed by atoms with Crippen LogP contribution in [0.1, 0.15) is 19.3 Å². The van der Waals surface area contributed by atoms with Gasteiger partial charge in [-0.15, -0.1) is 0 Å². The van der Waals surface area contributed by atoms with Gasteiger partial charge in [-0.2, -0.15) is 0 Å². The van der Waals surface area contributed by atoms with Gasteiger partial charge in [-0.3, -0.25) is 0 Å². The van der Waals surface area contributed by atoms with Gasteiger partial charge in [0.2, 0.25) is 12.7 Å². The Kier molecular flexibility index (Phi) is 6.43. The first-order valence-corrected chi connectivity index (χ1v) is 7.63. The number of aromatic nitrogens is 4. The Bertz CT molecular complexity index is 475. The molecule has 0 aliphatic heterocycles. The Labute approximate surface area is 125 Å². The molecule has 0 radical (unpaired) electrons. The number of aryl methyl sites for hydroxylation is 2. The molecule has 2 heterocycles. The molecule has 2 N–H and O–H groups in total. The van der Waals surface area contributed by atoms with Crippen molar-refractivity contribution >= 4 is 0 Å². The van der Waals surface area contributed by atoms with Crippen molar-refractivity contribution in [1.82, 2.24) is 9.13 Å². The van der Waals surface area contributed by atoms with Crippen LogP contribution in [0.5, 0.6) is 0 Å². The predicted molar refractivity (Wildman–Crippen MR) is 77.3 cm³/mol. The van der Waals surface area contributed by atoms with Crippen LogP contribution in [0, 0.1) is 0 Å². The molecule has 2 aromatic rings. The first-order valence-electron chi connectivity index (χ1n) is 7.63. The molecule has 0 saturated carbocycles. The fraction of sp³-hybridized carbons (Fsp3) is 0.600. The van der Waals surface area contributed by atoms with Gasteiger partial charge in [-0.1, -0.05) is 0 Å². The normalized spacial score (nSPS) is 11.1. The molecular formula is C15H26N4O2+2. The highest BCUT2D eigenvalue weighted by Gasteiger charge is 2.04. The van der Waals surface area contributed by atoms with E-state index >= 15 is 0 Å². The Balaban J connectivity index is 1.60. The van der Waals surface area contributed by atoms with Crippen molar-refractivity contribution in [2.45, 2.75) is 45.4 Å². The van der Waals surface area contributed by atoms with Crippen LogP contribution in [0.2, 0.25) is 0 Å². The van der Waals surface area contributed by atoms with Crippen molar-refractivity contribution in [3.05, 3.63) is 37.4 Å². The highest BCUT2D eigenvalue weighted by molar-refractivity contribution is 4.66. The lowest BCUT2D eigenvalue weighted by Crippen LogP contribution is -2.32. The SMILES string of the molecule is OCCn1cc[n+](CCCCC[n+]2ccn(CCO)c2)c1. The quantitative estimate of drug-likeness (QED) is 0.468. The van der Waals surface area contributed by atoms with Crippen LogP contribution in [-0.4, -0.2) is 32.6 Å². The molecule has 6 heteroatoms. The zero-order valence-corrected chi connectivity index (χ0v) is 12.5. The summed E-state index contributed by atoms with van der Waals surface area (Å²) in [5, 5.41) is 17.7. The highest BCUT2D eigenvalue weighted by Crippen LogP contribution is 1.96. The minimum atomic E-state index is 0.182. The van der Waals surface area contributed by atoms with Crippen molar-refractivity contribution in [1.29, 1.82) is 0 Å². The molecule has 116 valence electrons. The summed E-state index contributed by atoms with van der Waals surface area (Å²) >= 11 is 0. The summed E-state index contributed by atoms with van der Waals surface area (Å²) < 4.78 is 8.33. The largest absolute Gasteiger partial charge is 0.392 e. The third kappa shape index (κ3) is 5.32. The summed E-state index contributed by atoms with van der Waals surface area (Å²) in [4.78, 5) is 0. The Morgan fingerprint density at radius 3 is 1.62 bits per heavy atom. The second kappa shape index (κ2) is 8.59. The molecule has 2 aromatic heterocycles. The van der Waals surface area contributed by atoms with Crippen molar-refractivity contribution in [2.75, 3.05) is 13.2 Å². The van der Waals surface area contributed by atoms with Gasteiger partial charge in [-0.25, -0.2) is 18.3 Å². The van der Waals surface area contributed by atoms with E-state index in [4.69, 9.17) is 10.2 Å². The lowest BCUT2D eigenvalue weighted by molar-refractivity contribution is -0.700. The number of unbranched alkanes of at least 4 members (excludes halogenated alkanes) is 2. The highest BCUT2D eigenvalue weighted by atomic mass is 16.3. The monoisotopic (exact) mass is 294 g/mol. The summed E-state index contributed by atoms with van der Waals surface area (Å²) in [6.07, 6.45) is 15.7. The van der Waals surface area contributed by atoms with E-state index in [1.54, 1.807) is 0 Å². The molecule has 0 aliphatic carbocycles. The molecule has 21 heavy (non-hydrogen) atoms. The number of rotatable bonds is 10. The average Bonchev–Trinajstić information content (AvgIpc) is 3.09. The van der Waals surface area contributed by atoms with Crippen LogP contribution in [0.25, 0.3) is 0 Å². The Hall–Kier alpha value is -1.66. The maximum absolute atomic E-state index is 8.87. The van der Waals surface area contributed by atoms with Crippen LogP contribution in [0.15, 0.2) is 37.4 Å². The van der Waals surface area contributed by atoms with Gasteiger partial charge in [0, 0.05) is 0 Å². The first-order chi connectivity index (χ1) is 10.3. The molecule has 0 unspecified atom stereocenters. The van der Waals surface area contributed by atoms with Gasteiger partial charge < -0.3 is 10.2 Å². The van der Waals surface area contributed by atoms with Crippen molar-refractivity contribution < 1.29 is 19.3 Å². The average molecular weight is 294 g/mol. The topological polar surface area (TPSA) is 58.1 Å². The molecular weight excluding hydrogens is 268 g/mol. The second-order valence-corrected chi connectivity index (χ2v) is 5.29. The van der Waals surface area contributed by atoms with Gasteiger partial charge >= 0.3 is 0 Å². The van der Waals surface area contributed by atoms with E-state index in [-0.39, 0.29) is 13.2 Å². The summed E-state index contributed by atoms with van der Waals surface area (Å²) in [5.74, 6) is 0. The number of aliphatic hydroxyl groups is 2. The third-order valence-corrected chi connectivity index (χ3v) is 3.54. The summed E-state index contributed by atoms with van der Waals surface area (Å²) in [7, 11) is 0. The van der Waals surface area contributed by atoms with Crippen LogP contribution in [0.4, 0.5) is 0 Å². The van der Waals surface area contributed by atoms with Crippen molar-refractivity contribution in [3.8, 4) is 0 Å². The fourth-order valence-corrected chi connectivity index (χ4v) is 2.40. The second-order valence-electron chi connectivity index (χ2n) is 5.29. The molecule has 0 bridgehead atoms. The summed E-state index contributed by atoms with van der Waals surface area (Å²) in [6.45, 7) is 3.73.